The molecular formula is C20H22ClFN2O. The van der Waals surface area contributed by atoms with Crippen LogP contribution < -0.4 is 5.32 Å². The molecule has 2 aromatic rings. The van der Waals surface area contributed by atoms with Gasteiger partial charge in [0.25, 0.3) is 0 Å². The van der Waals surface area contributed by atoms with Crippen LogP contribution in [-0.4, -0.2) is 23.4 Å². The quantitative estimate of drug-likeness (QED) is 0.797. The highest BCUT2D eigenvalue weighted by atomic mass is 35.5. The maximum atomic E-state index is 13.1. The van der Waals surface area contributed by atoms with Crippen molar-refractivity contribution in [3.63, 3.8) is 0 Å². The van der Waals surface area contributed by atoms with Gasteiger partial charge in [-0.3, -0.25) is 9.69 Å². The first-order chi connectivity index (χ1) is 12.0. The smallest absolute Gasteiger partial charge is 0.234 e. The minimum atomic E-state index is -0.241. The van der Waals surface area contributed by atoms with Crippen molar-refractivity contribution in [1.29, 1.82) is 0 Å². The number of hydrogen-bond donors (Lipinski definition) is 1. The van der Waals surface area contributed by atoms with Gasteiger partial charge in [-0.1, -0.05) is 35.9 Å². The first-order valence-electron chi connectivity index (χ1n) is 8.54. The Labute approximate surface area is 152 Å². The van der Waals surface area contributed by atoms with Crippen LogP contribution >= 0.6 is 11.6 Å². The van der Waals surface area contributed by atoms with E-state index in [4.69, 9.17) is 11.6 Å². The average Bonchev–Trinajstić information content (AvgIpc) is 3.41. The number of carbonyl (C=O) groups is 1. The Morgan fingerprint density at radius 1 is 1.28 bits per heavy atom. The predicted molar refractivity (Wildman–Crippen MR) is 97.8 cm³/mol. The summed E-state index contributed by atoms with van der Waals surface area (Å²) >= 11 is 6.01. The zero-order chi connectivity index (χ0) is 17.8. The highest BCUT2D eigenvalue weighted by molar-refractivity contribution is 6.30. The molecule has 3 nitrogen and oxygen atoms in total. The van der Waals surface area contributed by atoms with E-state index >= 15 is 0 Å². The van der Waals surface area contributed by atoms with Crippen molar-refractivity contribution in [3.8, 4) is 0 Å². The van der Waals surface area contributed by atoms with Gasteiger partial charge >= 0.3 is 0 Å². The number of nitrogens with one attached hydrogen (secondary N) is 1. The predicted octanol–water partition coefficient (Wildman–Crippen LogP) is 4.32. The van der Waals surface area contributed by atoms with Crippen molar-refractivity contribution in [3.05, 3.63) is 70.5 Å². The van der Waals surface area contributed by atoms with Crippen LogP contribution in [0.25, 0.3) is 0 Å². The summed E-state index contributed by atoms with van der Waals surface area (Å²) < 4.78 is 13.1. The van der Waals surface area contributed by atoms with Crippen LogP contribution in [0.2, 0.25) is 5.02 Å². The molecule has 1 amide bonds. The third-order valence-corrected chi connectivity index (χ3v) is 4.67. The number of nitrogens with zero attached hydrogens (tertiary/aromatic N) is 1. The molecule has 5 heteroatoms. The van der Waals surface area contributed by atoms with Gasteiger partial charge < -0.3 is 5.32 Å². The van der Waals surface area contributed by atoms with Gasteiger partial charge in [0.05, 0.1) is 12.6 Å². The number of rotatable bonds is 7. The molecule has 0 saturated heterocycles. The molecule has 1 unspecified atom stereocenters. The summed E-state index contributed by atoms with van der Waals surface area (Å²) in [6, 6.07) is 14.3. The van der Waals surface area contributed by atoms with Crippen molar-refractivity contribution < 1.29 is 9.18 Å². The van der Waals surface area contributed by atoms with E-state index in [1.165, 1.54) is 12.1 Å². The summed E-state index contributed by atoms with van der Waals surface area (Å²) in [5.74, 6) is -0.253. The minimum Gasteiger partial charge on any atom is -0.348 e. The van der Waals surface area contributed by atoms with E-state index in [9.17, 15) is 9.18 Å². The van der Waals surface area contributed by atoms with Crippen molar-refractivity contribution in [2.45, 2.75) is 38.4 Å². The number of amides is 1. The summed E-state index contributed by atoms with van der Waals surface area (Å²) in [6.07, 6.45) is 2.22. The van der Waals surface area contributed by atoms with Crippen LogP contribution in [0.15, 0.2) is 48.5 Å². The molecule has 0 spiro atoms. The molecule has 3 rings (SSSR count). The summed E-state index contributed by atoms with van der Waals surface area (Å²) in [5, 5.41) is 3.69. The number of carbonyl (C=O) groups excluding carboxylic acids is 1. The van der Waals surface area contributed by atoms with Gasteiger partial charge in [-0.25, -0.2) is 4.39 Å². The van der Waals surface area contributed by atoms with Gasteiger partial charge in [0.1, 0.15) is 5.82 Å². The van der Waals surface area contributed by atoms with Gasteiger partial charge in [0, 0.05) is 17.6 Å². The van der Waals surface area contributed by atoms with Crippen LogP contribution in [0.4, 0.5) is 4.39 Å². The molecular weight excluding hydrogens is 339 g/mol. The van der Waals surface area contributed by atoms with Crippen LogP contribution in [0, 0.1) is 5.82 Å². The van der Waals surface area contributed by atoms with E-state index in [-0.39, 0.29) is 17.8 Å². The Kier molecular flexibility index (Phi) is 5.71. The molecule has 1 atom stereocenters. The fourth-order valence-corrected chi connectivity index (χ4v) is 3.11. The first-order valence-corrected chi connectivity index (χ1v) is 8.92. The van der Waals surface area contributed by atoms with Gasteiger partial charge in [-0.15, -0.1) is 0 Å². The maximum absolute atomic E-state index is 13.1. The molecule has 0 heterocycles. The zero-order valence-corrected chi connectivity index (χ0v) is 15.0. The SMILES string of the molecule is CC(NC(=O)CN(Cc1ccc(F)cc1)C1CC1)c1cccc(Cl)c1. The molecule has 1 N–H and O–H groups in total. The Balaban J connectivity index is 1.58. The van der Waals surface area contributed by atoms with E-state index in [0.29, 0.717) is 24.2 Å². The highest BCUT2D eigenvalue weighted by Gasteiger charge is 2.30. The lowest BCUT2D eigenvalue weighted by molar-refractivity contribution is -0.123. The molecule has 2 aromatic carbocycles. The Morgan fingerprint density at radius 3 is 2.64 bits per heavy atom. The second kappa shape index (κ2) is 7.98. The summed E-state index contributed by atoms with van der Waals surface area (Å²) in [6.45, 7) is 2.95. The zero-order valence-electron chi connectivity index (χ0n) is 14.2. The minimum absolute atomic E-state index is 0.0125. The van der Waals surface area contributed by atoms with E-state index in [0.717, 1.165) is 24.0 Å². The molecule has 0 radical (unpaired) electrons. The van der Waals surface area contributed by atoms with Gasteiger partial charge in [0.15, 0.2) is 0 Å². The normalized spacial score (nSPS) is 15.2. The van der Waals surface area contributed by atoms with Crippen LogP contribution in [0.5, 0.6) is 0 Å². The number of benzene rings is 2. The Hall–Kier alpha value is -1.91. The highest BCUT2D eigenvalue weighted by Crippen LogP contribution is 2.28. The molecule has 0 aromatic heterocycles. The Bertz CT molecular complexity index is 731. The van der Waals surface area contributed by atoms with Gasteiger partial charge in [-0.05, 0) is 55.2 Å². The molecule has 1 saturated carbocycles. The number of hydrogen-bond acceptors (Lipinski definition) is 2. The van der Waals surface area contributed by atoms with E-state index in [1.807, 2.05) is 31.2 Å². The largest absolute Gasteiger partial charge is 0.348 e. The van der Waals surface area contributed by atoms with E-state index in [2.05, 4.69) is 10.2 Å². The van der Waals surface area contributed by atoms with Crippen LogP contribution in [0.3, 0.4) is 0 Å². The van der Waals surface area contributed by atoms with Crippen molar-refractivity contribution in [2.75, 3.05) is 6.54 Å². The summed E-state index contributed by atoms with van der Waals surface area (Å²) in [7, 11) is 0. The second-order valence-corrected chi connectivity index (χ2v) is 7.04. The van der Waals surface area contributed by atoms with E-state index < -0.39 is 0 Å². The van der Waals surface area contributed by atoms with Crippen LogP contribution in [-0.2, 0) is 11.3 Å². The van der Waals surface area contributed by atoms with Crippen molar-refractivity contribution in [2.24, 2.45) is 0 Å². The lowest BCUT2D eigenvalue weighted by Crippen LogP contribution is -2.39. The Morgan fingerprint density at radius 2 is 2.00 bits per heavy atom. The second-order valence-electron chi connectivity index (χ2n) is 6.61. The van der Waals surface area contributed by atoms with Crippen LogP contribution in [0.1, 0.15) is 36.9 Å². The lowest BCUT2D eigenvalue weighted by atomic mass is 10.1. The molecule has 132 valence electrons. The van der Waals surface area contributed by atoms with Gasteiger partial charge in [-0.2, -0.15) is 0 Å². The fourth-order valence-electron chi connectivity index (χ4n) is 2.91. The maximum Gasteiger partial charge on any atom is 0.234 e. The van der Waals surface area contributed by atoms with Crippen molar-refractivity contribution in [1.82, 2.24) is 10.2 Å². The molecule has 0 aliphatic heterocycles. The molecule has 1 fully saturated rings. The lowest BCUT2D eigenvalue weighted by Gasteiger charge is -2.23. The third kappa shape index (κ3) is 5.28. The molecule has 1 aliphatic rings. The summed E-state index contributed by atoms with van der Waals surface area (Å²) in [5.41, 5.74) is 2.00. The van der Waals surface area contributed by atoms with E-state index in [1.54, 1.807) is 12.1 Å². The first kappa shape index (κ1) is 17.9. The monoisotopic (exact) mass is 360 g/mol. The molecule has 1 aliphatic carbocycles. The molecule has 25 heavy (non-hydrogen) atoms. The standard InChI is InChI=1S/C20H22ClFN2O/c1-14(16-3-2-4-17(21)11-16)23-20(25)13-24(19-9-10-19)12-15-5-7-18(22)8-6-15/h2-8,11,14,19H,9-10,12-13H2,1H3,(H,23,25). The average molecular weight is 361 g/mol. The van der Waals surface area contributed by atoms with Gasteiger partial charge in [0.2, 0.25) is 5.91 Å². The molecule has 0 bridgehead atoms. The topological polar surface area (TPSA) is 32.3 Å². The third-order valence-electron chi connectivity index (χ3n) is 4.44. The summed E-state index contributed by atoms with van der Waals surface area (Å²) in [4.78, 5) is 14.6. The fraction of sp³-hybridized carbons (Fsp3) is 0.350. The van der Waals surface area contributed by atoms with Crippen molar-refractivity contribution >= 4 is 17.5 Å². The number of halogens is 2.